The molecule has 1 aliphatic carbocycles. The van der Waals surface area contributed by atoms with Gasteiger partial charge in [0, 0.05) is 0 Å². The van der Waals surface area contributed by atoms with Crippen molar-refractivity contribution >= 4 is 11.9 Å². The van der Waals surface area contributed by atoms with Gasteiger partial charge in [-0.15, -0.1) is 0 Å². The molecule has 0 amide bonds. The third-order valence-corrected chi connectivity index (χ3v) is 3.28. The minimum absolute atomic E-state index is 0.952. The average molecular weight is 214 g/mol. The predicted octanol–water partition coefficient (Wildman–Crippen LogP) is 3.99. The molecule has 1 nitrogen and oxygen atoms in total. The molecule has 0 spiro atoms. The molecule has 84 valence electrons. The summed E-state index contributed by atoms with van der Waals surface area (Å²) in [7, 11) is 0. The summed E-state index contributed by atoms with van der Waals surface area (Å²) in [5.41, 5.74) is 3.52. The van der Waals surface area contributed by atoms with Crippen molar-refractivity contribution in [2.24, 2.45) is 0 Å². The minimum Gasteiger partial charge on any atom is -0.298 e. The Morgan fingerprint density at radius 3 is 2.25 bits per heavy atom. The molecular weight excluding hydrogens is 196 g/mol. The molecule has 0 bridgehead atoms. The lowest BCUT2D eigenvalue weighted by Gasteiger charge is -2.15. The van der Waals surface area contributed by atoms with Gasteiger partial charge in [0.25, 0.3) is 0 Å². The fraction of sp³-hybridized carbons (Fsp3) is 0.400. The minimum atomic E-state index is 0.952. The van der Waals surface area contributed by atoms with E-state index in [0.29, 0.717) is 0 Å². The second-order valence-electron chi connectivity index (χ2n) is 4.40. The molecule has 1 aliphatic rings. The molecule has 1 heteroatoms. The van der Waals surface area contributed by atoms with Gasteiger partial charge in [0.05, 0.1) is 0 Å². The fourth-order valence-electron chi connectivity index (χ4n) is 2.38. The molecule has 0 N–H and O–H groups in total. The standard InChI is InChI=1S/C15H18O/c16-12-14-10-4-1-2-7-11-15(14)13-8-5-3-6-9-13/h3,5-6,8-9,12H,1-2,4,7,10-11H2. The van der Waals surface area contributed by atoms with Crippen LogP contribution >= 0.6 is 0 Å². The highest BCUT2D eigenvalue weighted by Crippen LogP contribution is 2.29. The van der Waals surface area contributed by atoms with Crippen LogP contribution in [-0.2, 0) is 4.79 Å². The van der Waals surface area contributed by atoms with Crippen LogP contribution in [0.5, 0.6) is 0 Å². The van der Waals surface area contributed by atoms with Crippen LogP contribution in [0, 0.1) is 0 Å². The van der Waals surface area contributed by atoms with Gasteiger partial charge in [0.1, 0.15) is 6.29 Å². The van der Waals surface area contributed by atoms with Crippen LogP contribution in [0.3, 0.4) is 0 Å². The number of rotatable bonds is 2. The largest absolute Gasteiger partial charge is 0.298 e. The first-order valence-corrected chi connectivity index (χ1v) is 6.14. The lowest BCUT2D eigenvalue weighted by atomic mass is 9.90. The maximum Gasteiger partial charge on any atom is 0.146 e. The number of allylic oxidation sites excluding steroid dienone is 2. The summed E-state index contributed by atoms with van der Waals surface area (Å²) in [6.45, 7) is 0. The van der Waals surface area contributed by atoms with Crippen molar-refractivity contribution in [2.45, 2.75) is 38.5 Å². The molecule has 0 atom stereocenters. The van der Waals surface area contributed by atoms with E-state index in [2.05, 4.69) is 12.1 Å². The Labute approximate surface area is 97.2 Å². The van der Waals surface area contributed by atoms with E-state index in [1.165, 1.54) is 30.4 Å². The molecule has 0 saturated heterocycles. The monoisotopic (exact) mass is 214 g/mol. The van der Waals surface area contributed by atoms with Crippen LogP contribution in [0.25, 0.3) is 5.57 Å². The summed E-state index contributed by atoms with van der Waals surface area (Å²) in [4.78, 5) is 11.2. The zero-order valence-electron chi connectivity index (χ0n) is 9.61. The predicted molar refractivity (Wildman–Crippen MR) is 67.1 cm³/mol. The molecular formula is C15H18O. The second-order valence-corrected chi connectivity index (χ2v) is 4.40. The Hall–Kier alpha value is -1.37. The Bertz CT molecular complexity index is 376. The molecule has 0 unspecified atom stereocenters. The first kappa shape index (κ1) is 11.1. The van der Waals surface area contributed by atoms with E-state index in [0.717, 1.165) is 31.1 Å². The zero-order valence-corrected chi connectivity index (χ0v) is 9.61. The maximum absolute atomic E-state index is 11.2. The molecule has 1 aromatic carbocycles. The van der Waals surface area contributed by atoms with Crippen LogP contribution in [-0.4, -0.2) is 6.29 Å². The molecule has 16 heavy (non-hydrogen) atoms. The smallest absolute Gasteiger partial charge is 0.146 e. The molecule has 2 rings (SSSR count). The molecule has 0 aliphatic heterocycles. The zero-order chi connectivity index (χ0) is 11.2. The Kier molecular flexibility index (Phi) is 3.92. The van der Waals surface area contributed by atoms with Crippen molar-refractivity contribution in [1.29, 1.82) is 0 Å². The van der Waals surface area contributed by atoms with Gasteiger partial charge >= 0.3 is 0 Å². The Balaban J connectivity index is 2.35. The first-order chi connectivity index (χ1) is 7.92. The first-order valence-electron chi connectivity index (χ1n) is 6.14. The fourth-order valence-corrected chi connectivity index (χ4v) is 2.38. The topological polar surface area (TPSA) is 17.1 Å². The molecule has 0 radical (unpaired) electrons. The lowest BCUT2D eigenvalue weighted by Crippen LogP contribution is -1.98. The van der Waals surface area contributed by atoms with Crippen LogP contribution in [0.15, 0.2) is 35.9 Å². The van der Waals surface area contributed by atoms with Gasteiger partial charge in [0.2, 0.25) is 0 Å². The van der Waals surface area contributed by atoms with Crippen molar-refractivity contribution in [3.8, 4) is 0 Å². The molecule has 0 aromatic heterocycles. The van der Waals surface area contributed by atoms with E-state index < -0.39 is 0 Å². The van der Waals surface area contributed by atoms with E-state index in [-0.39, 0.29) is 0 Å². The normalized spacial score (nSPS) is 17.8. The van der Waals surface area contributed by atoms with E-state index in [1.54, 1.807) is 0 Å². The van der Waals surface area contributed by atoms with Gasteiger partial charge in [-0.05, 0) is 42.4 Å². The molecule has 0 heterocycles. The number of aldehydes is 1. The van der Waals surface area contributed by atoms with Gasteiger partial charge in [-0.1, -0.05) is 43.2 Å². The summed E-state index contributed by atoms with van der Waals surface area (Å²) in [6.07, 6.45) is 7.99. The molecule has 0 fully saturated rings. The summed E-state index contributed by atoms with van der Waals surface area (Å²) in [5.74, 6) is 0. The summed E-state index contributed by atoms with van der Waals surface area (Å²) in [5, 5.41) is 0. The summed E-state index contributed by atoms with van der Waals surface area (Å²) >= 11 is 0. The highest BCUT2D eigenvalue weighted by molar-refractivity contribution is 5.88. The van der Waals surface area contributed by atoms with Crippen molar-refractivity contribution in [2.75, 3.05) is 0 Å². The average Bonchev–Trinajstić information content (AvgIpc) is 2.30. The quantitative estimate of drug-likeness (QED) is 0.680. The highest BCUT2D eigenvalue weighted by atomic mass is 16.1. The third kappa shape index (κ3) is 2.60. The number of carbonyl (C=O) groups is 1. The number of hydrogen-bond acceptors (Lipinski definition) is 1. The number of carbonyl (C=O) groups excluding carboxylic acids is 1. The van der Waals surface area contributed by atoms with Crippen molar-refractivity contribution in [3.05, 3.63) is 41.5 Å². The van der Waals surface area contributed by atoms with Gasteiger partial charge in [0.15, 0.2) is 0 Å². The lowest BCUT2D eigenvalue weighted by molar-refractivity contribution is -0.105. The van der Waals surface area contributed by atoms with E-state index in [4.69, 9.17) is 0 Å². The van der Waals surface area contributed by atoms with Crippen LogP contribution in [0.4, 0.5) is 0 Å². The van der Waals surface area contributed by atoms with E-state index in [1.807, 2.05) is 18.2 Å². The highest BCUT2D eigenvalue weighted by Gasteiger charge is 2.11. The SMILES string of the molecule is O=CC1=C(c2ccccc2)CCCCCC1. The number of benzene rings is 1. The Morgan fingerprint density at radius 2 is 1.56 bits per heavy atom. The van der Waals surface area contributed by atoms with Crippen LogP contribution in [0.2, 0.25) is 0 Å². The van der Waals surface area contributed by atoms with Crippen molar-refractivity contribution in [1.82, 2.24) is 0 Å². The van der Waals surface area contributed by atoms with Gasteiger partial charge < -0.3 is 0 Å². The van der Waals surface area contributed by atoms with Crippen LogP contribution < -0.4 is 0 Å². The number of hydrogen-bond donors (Lipinski definition) is 0. The van der Waals surface area contributed by atoms with E-state index >= 15 is 0 Å². The summed E-state index contributed by atoms with van der Waals surface area (Å²) in [6, 6.07) is 10.3. The van der Waals surface area contributed by atoms with Gasteiger partial charge in [-0.2, -0.15) is 0 Å². The van der Waals surface area contributed by atoms with Crippen LogP contribution in [0.1, 0.15) is 44.1 Å². The third-order valence-electron chi connectivity index (χ3n) is 3.28. The maximum atomic E-state index is 11.2. The summed E-state index contributed by atoms with van der Waals surface area (Å²) < 4.78 is 0. The van der Waals surface area contributed by atoms with Gasteiger partial charge in [-0.3, -0.25) is 4.79 Å². The second kappa shape index (κ2) is 5.64. The van der Waals surface area contributed by atoms with Crippen molar-refractivity contribution in [3.63, 3.8) is 0 Å². The van der Waals surface area contributed by atoms with Gasteiger partial charge in [-0.25, -0.2) is 0 Å². The molecule has 1 aromatic rings. The Morgan fingerprint density at radius 1 is 0.875 bits per heavy atom. The van der Waals surface area contributed by atoms with E-state index in [9.17, 15) is 4.79 Å². The van der Waals surface area contributed by atoms with Crippen molar-refractivity contribution < 1.29 is 4.79 Å². The molecule has 0 saturated carbocycles.